The van der Waals surface area contributed by atoms with E-state index < -0.39 is 15.9 Å². The van der Waals surface area contributed by atoms with E-state index in [1.807, 2.05) is 6.07 Å². The highest BCUT2D eigenvalue weighted by atomic mass is 32.2. The van der Waals surface area contributed by atoms with Crippen molar-refractivity contribution < 1.29 is 17.9 Å². The van der Waals surface area contributed by atoms with Crippen molar-refractivity contribution in [3.05, 3.63) is 84.4 Å². The van der Waals surface area contributed by atoms with Gasteiger partial charge in [-0.15, -0.1) is 0 Å². The lowest BCUT2D eigenvalue weighted by atomic mass is 10.1. The maximum atomic E-state index is 12.8. The lowest BCUT2D eigenvalue weighted by molar-refractivity contribution is 0.102. The first-order valence-corrected chi connectivity index (χ1v) is 9.61. The largest absolute Gasteiger partial charge is 0.495 e. The lowest BCUT2D eigenvalue weighted by Crippen LogP contribution is -2.19. The highest BCUT2D eigenvalue weighted by Gasteiger charge is 2.21. The van der Waals surface area contributed by atoms with Crippen molar-refractivity contribution in [1.82, 2.24) is 0 Å². The van der Waals surface area contributed by atoms with E-state index in [2.05, 4.69) is 10.0 Å². The molecule has 0 aromatic heterocycles. The normalized spacial score (nSPS) is 10.9. The molecule has 0 saturated heterocycles. The predicted octanol–water partition coefficient (Wildman–Crippen LogP) is 3.75. The first-order valence-electron chi connectivity index (χ1n) is 8.12. The van der Waals surface area contributed by atoms with Gasteiger partial charge in [0.05, 0.1) is 18.4 Å². The molecule has 3 aromatic carbocycles. The monoisotopic (exact) mass is 382 g/mol. The number of amides is 1. The fourth-order valence-electron chi connectivity index (χ4n) is 2.53. The van der Waals surface area contributed by atoms with E-state index in [0.717, 1.165) is 0 Å². The second kappa shape index (κ2) is 7.92. The number of hydrogen-bond acceptors (Lipinski definition) is 4. The van der Waals surface area contributed by atoms with Gasteiger partial charge in [-0.3, -0.25) is 9.52 Å². The minimum absolute atomic E-state index is 0.00855. The van der Waals surface area contributed by atoms with Crippen LogP contribution in [0.1, 0.15) is 10.4 Å². The SMILES string of the molecule is COc1ccccc1S(=O)(=O)Nc1ccccc1C(=O)Nc1ccccc1. The van der Waals surface area contributed by atoms with Gasteiger partial charge in [-0.25, -0.2) is 8.42 Å². The summed E-state index contributed by atoms with van der Waals surface area (Å²) in [4.78, 5) is 12.6. The highest BCUT2D eigenvalue weighted by molar-refractivity contribution is 7.92. The Hall–Kier alpha value is -3.32. The summed E-state index contributed by atoms with van der Waals surface area (Å²) in [6.07, 6.45) is 0. The Morgan fingerprint density at radius 2 is 1.48 bits per heavy atom. The molecule has 27 heavy (non-hydrogen) atoms. The number of sulfonamides is 1. The van der Waals surface area contributed by atoms with Crippen LogP contribution in [0, 0.1) is 0 Å². The number of para-hydroxylation sites is 3. The van der Waals surface area contributed by atoms with Gasteiger partial charge < -0.3 is 10.1 Å². The van der Waals surface area contributed by atoms with Crippen molar-refractivity contribution in [3.8, 4) is 5.75 Å². The van der Waals surface area contributed by atoms with E-state index in [-0.39, 0.29) is 21.9 Å². The van der Waals surface area contributed by atoms with Crippen LogP contribution in [0.2, 0.25) is 0 Å². The Bertz CT molecular complexity index is 1050. The number of anilines is 2. The zero-order chi connectivity index (χ0) is 19.3. The fraction of sp³-hybridized carbons (Fsp3) is 0.0500. The second-order valence-corrected chi connectivity index (χ2v) is 7.27. The number of ether oxygens (including phenoxy) is 1. The summed E-state index contributed by atoms with van der Waals surface area (Å²) in [7, 11) is -2.54. The molecule has 6 nitrogen and oxygen atoms in total. The van der Waals surface area contributed by atoms with Crippen LogP contribution in [-0.2, 0) is 10.0 Å². The van der Waals surface area contributed by atoms with E-state index >= 15 is 0 Å². The summed E-state index contributed by atoms with van der Waals surface area (Å²) in [6, 6.07) is 21.6. The third-order valence-corrected chi connectivity index (χ3v) is 5.21. The van der Waals surface area contributed by atoms with Gasteiger partial charge in [0.25, 0.3) is 15.9 Å². The maximum Gasteiger partial charge on any atom is 0.265 e. The van der Waals surface area contributed by atoms with E-state index in [0.29, 0.717) is 5.69 Å². The zero-order valence-corrected chi connectivity index (χ0v) is 15.4. The number of benzene rings is 3. The third kappa shape index (κ3) is 4.27. The van der Waals surface area contributed by atoms with E-state index in [4.69, 9.17) is 4.74 Å². The molecule has 0 aliphatic rings. The zero-order valence-electron chi connectivity index (χ0n) is 14.5. The number of hydrogen-bond donors (Lipinski definition) is 2. The molecule has 0 aliphatic heterocycles. The van der Waals surface area contributed by atoms with Gasteiger partial charge in [0, 0.05) is 5.69 Å². The summed E-state index contributed by atoms with van der Waals surface area (Å²) in [5.41, 5.74) is 1.00. The molecule has 3 aromatic rings. The lowest BCUT2D eigenvalue weighted by Gasteiger charge is -2.14. The summed E-state index contributed by atoms with van der Waals surface area (Å²) in [5.74, 6) is -0.198. The van der Waals surface area contributed by atoms with Crippen molar-refractivity contribution in [2.24, 2.45) is 0 Å². The first-order chi connectivity index (χ1) is 13.0. The molecule has 0 atom stereocenters. The molecule has 1 amide bonds. The van der Waals surface area contributed by atoms with Crippen molar-refractivity contribution in [1.29, 1.82) is 0 Å². The quantitative estimate of drug-likeness (QED) is 0.680. The van der Waals surface area contributed by atoms with Gasteiger partial charge in [-0.2, -0.15) is 0 Å². The molecule has 0 aliphatic carbocycles. The molecule has 0 radical (unpaired) electrons. The fourth-order valence-corrected chi connectivity index (χ4v) is 3.78. The Kier molecular flexibility index (Phi) is 5.42. The predicted molar refractivity (Wildman–Crippen MR) is 105 cm³/mol. The van der Waals surface area contributed by atoms with Crippen LogP contribution in [0.5, 0.6) is 5.75 Å². The molecule has 0 unspecified atom stereocenters. The number of nitrogens with one attached hydrogen (secondary N) is 2. The standard InChI is InChI=1S/C20H18N2O4S/c1-26-18-13-7-8-14-19(18)27(24,25)22-17-12-6-5-11-16(17)20(23)21-15-9-3-2-4-10-15/h2-14,22H,1H3,(H,21,23). The Labute approximate surface area is 157 Å². The molecule has 0 bridgehead atoms. The van der Waals surface area contributed by atoms with E-state index in [9.17, 15) is 13.2 Å². The molecule has 7 heteroatoms. The van der Waals surface area contributed by atoms with Crippen molar-refractivity contribution in [2.75, 3.05) is 17.1 Å². The van der Waals surface area contributed by atoms with Crippen molar-refractivity contribution in [2.45, 2.75) is 4.90 Å². The number of rotatable bonds is 6. The molecule has 3 rings (SSSR count). The van der Waals surface area contributed by atoms with Gasteiger partial charge in [-0.1, -0.05) is 42.5 Å². The minimum atomic E-state index is -3.94. The number of carbonyl (C=O) groups excluding carboxylic acids is 1. The van der Waals surface area contributed by atoms with E-state index in [1.165, 1.54) is 19.2 Å². The van der Waals surface area contributed by atoms with Crippen LogP contribution in [0.3, 0.4) is 0 Å². The Morgan fingerprint density at radius 3 is 2.22 bits per heavy atom. The second-order valence-electron chi connectivity index (χ2n) is 5.62. The van der Waals surface area contributed by atoms with Crippen LogP contribution in [0.25, 0.3) is 0 Å². The van der Waals surface area contributed by atoms with Crippen molar-refractivity contribution >= 4 is 27.3 Å². The van der Waals surface area contributed by atoms with Gasteiger partial charge in [-0.05, 0) is 36.4 Å². The average Bonchev–Trinajstić information content (AvgIpc) is 2.69. The molecule has 0 spiro atoms. The summed E-state index contributed by atoms with van der Waals surface area (Å²) in [6.45, 7) is 0. The van der Waals surface area contributed by atoms with Crippen LogP contribution in [0.15, 0.2) is 83.8 Å². The Morgan fingerprint density at radius 1 is 0.852 bits per heavy atom. The van der Waals surface area contributed by atoms with Gasteiger partial charge in [0.15, 0.2) is 0 Å². The molecule has 0 saturated carbocycles. The van der Waals surface area contributed by atoms with E-state index in [1.54, 1.807) is 60.7 Å². The highest BCUT2D eigenvalue weighted by Crippen LogP contribution is 2.27. The topological polar surface area (TPSA) is 84.5 Å². The van der Waals surface area contributed by atoms with Crippen LogP contribution in [0.4, 0.5) is 11.4 Å². The minimum Gasteiger partial charge on any atom is -0.495 e. The van der Waals surface area contributed by atoms with Crippen LogP contribution in [-0.4, -0.2) is 21.4 Å². The van der Waals surface area contributed by atoms with Gasteiger partial charge in [0.1, 0.15) is 10.6 Å². The van der Waals surface area contributed by atoms with Crippen molar-refractivity contribution in [3.63, 3.8) is 0 Å². The smallest absolute Gasteiger partial charge is 0.265 e. The molecular weight excluding hydrogens is 364 g/mol. The molecule has 0 fully saturated rings. The number of methoxy groups -OCH3 is 1. The molecule has 2 N–H and O–H groups in total. The van der Waals surface area contributed by atoms with Crippen LogP contribution >= 0.6 is 0 Å². The average molecular weight is 382 g/mol. The Balaban J connectivity index is 1.91. The maximum absolute atomic E-state index is 12.8. The number of carbonyl (C=O) groups is 1. The molecule has 138 valence electrons. The molecule has 0 heterocycles. The van der Waals surface area contributed by atoms with Gasteiger partial charge in [0.2, 0.25) is 0 Å². The first kappa shape index (κ1) is 18.5. The molecular formula is C20H18N2O4S. The summed E-state index contributed by atoms with van der Waals surface area (Å²) < 4.78 is 33.2. The summed E-state index contributed by atoms with van der Waals surface area (Å²) >= 11 is 0. The van der Waals surface area contributed by atoms with Crippen LogP contribution < -0.4 is 14.8 Å². The summed E-state index contributed by atoms with van der Waals surface area (Å²) in [5, 5.41) is 2.75. The third-order valence-electron chi connectivity index (χ3n) is 3.81. The van der Waals surface area contributed by atoms with Gasteiger partial charge >= 0.3 is 0 Å².